The van der Waals surface area contributed by atoms with Gasteiger partial charge in [0.1, 0.15) is 0 Å². The van der Waals surface area contributed by atoms with E-state index in [0.29, 0.717) is 18.4 Å². The fraction of sp³-hybridized carbons (Fsp3) is 0.536. The third-order valence-electron chi connectivity index (χ3n) is 8.29. The van der Waals surface area contributed by atoms with Crippen LogP contribution in [0, 0.1) is 17.3 Å². The van der Waals surface area contributed by atoms with Crippen molar-refractivity contribution in [2.75, 3.05) is 20.8 Å². The van der Waals surface area contributed by atoms with Crippen LogP contribution in [0.15, 0.2) is 48.5 Å². The second-order valence-electron chi connectivity index (χ2n) is 10.6. The van der Waals surface area contributed by atoms with Crippen LogP contribution < -0.4 is 14.8 Å². The third-order valence-corrected chi connectivity index (χ3v) is 8.29. The summed E-state index contributed by atoms with van der Waals surface area (Å²) in [4.78, 5) is 13.0. The van der Waals surface area contributed by atoms with Gasteiger partial charge in [0.15, 0.2) is 11.5 Å². The van der Waals surface area contributed by atoms with Crippen molar-refractivity contribution in [1.82, 2.24) is 5.32 Å². The zero-order valence-corrected chi connectivity index (χ0v) is 19.4. The Kier molecular flexibility index (Phi) is 5.65. The Morgan fingerprint density at radius 3 is 2.38 bits per heavy atom. The number of hydrogen-bond acceptors (Lipinski definition) is 3. The number of nitrogens with one attached hydrogen (secondary N) is 1. The lowest BCUT2D eigenvalue weighted by molar-refractivity contribution is -0.131. The predicted molar refractivity (Wildman–Crippen MR) is 126 cm³/mol. The molecule has 32 heavy (non-hydrogen) atoms. The lowest BCUT2D eigenvalue weighted by Crippen LogP contribution is -2.55. The summed E-state index contributed by atoms with van der Waals surface area (Å²) in [5, 5.41) is 3.21. The van der Waals surface area contributed by atoms with Crippen molar-refractivity contribution in [3.63, 3.8) is 0 Å². The number of carbonyl (C=O) groups is 1. The molecule has 0 unspecified atom stereocenters. The van der Waals surface area contributed by atoms with Crippen LogP contribution in [0.3, 0.4) is 0 Å². The molecule has 1 amide bonds. The van der Waals surface area contributed by atoms with E-state index in [-0.39, 0.29) is 11.3 Å². The molecule has 0 saturated heterocycles. The topological polar surface area (TPSA) is 47.6 Å². The lowest BCUT2D eigenvalue weighted by atomic mass is 9.42. The summed E-state index contributed by atoms with van der Waals surface area (Å²) in [6.07, 6.45) is 9.13. The van der Waals surface area contributed by atoms with E-state index in [4.69, 9.17) is 9.47 Å². The number of methoxy groups -OCH3 is 2. The molecule has 6 rings (SSSR count). The van der Waals surface area contributed by atoms with Crippen molar-refractivity contribution in [2.45, 2.75) is 56.8 Å². The van der Waals surface area contributed by atoms with Gasteiger partial charge in [-0.2, -0.15) is 0 Å². The van der Waals surface area contributed by atoms with Gasteiger partial charge in [-0.25, -0.2) is 0 Å². The monoisotopic (exact) mass is 433 g/mol. The lowest BCUT2D eigenvalue weighted by Gasteiger charge is -2.62. The Bertz CT molecular complexity index is 956. The van der Waals surface area contributed by atoms with Crippen molar-refractivity contribution in [1.29, 1.82) is 0 Å². The van der Waals surface area contributed by atoms with E-state index in [9.17, 15) is 4.79 Å². The van der Waals surface area contributed by atoms with E-state index in [1.165, 1.54) is 44.1 Å². The smallest absolute Gasteiger partial charge is 0.220 e. The molecule has 1 N–H and O–H groups in total. The SMILES string of the molecule is COc1ccc(CCNC(=O)CC23C[C@H]4C[C@H](C2)CC(c2ccccc2)(C4)C3)cc1OC. The van der Waals surface area contributed by atoms with Gasteiger partial charge in [0.2, 0.25) is 5.91 Å². The first-order valence-electron chi connectivity index (χ1n) is 12.1. The number of carbonyl (C=O) groups excluding carboxylic acids is 1. The number of ether oxygens (including phenoxy) is 2. The van der Waals surface area contributed by atoms with E-state index in [2.05, 4.69) is 35.6 Å². The first-order chi connectivity index (χ1) is 15.5. The van der Waals surface area contributed by atoms with Crippen molar-refractivity contribution >= 4 is 5.91 Å². The van der Waals surface area contributed by atoms with E-state index < -0.39 is 0 Å². The van der Waals surface area contributed by atoms with Gasteiger partial charge in [0.05, 0.1) is 14.2 Å². The maximum absolute atomic E-state index is 13.0. The van der Waals surface area contributed by atoms with Gasteiger partial charge in [-0.15, -0.1) is 0 Å². The molecule has 0 heterocycles. The van der Waals surface area contributed by atoms with Crippen LogP contribution in [0.1, 0.15) is 56.1 Å². The summed E-state index contributed by atoms with van der Waals surface area (Å²) in [6, 6.07) is 17.1. The van der Waals surface area contributed by atoms with Gasteiger partial charge in [0, 0.05) is 13.0 Å². The van der Waals surface area contributed by atoms with Gasteiger partial charge in [-0.05, 0) is 90.9 Å². The predicted octanol–water partition coefficient (Wildman–Crippen LogP) is 5.29. The molecule has 2 aromatic carbocycles. The summed E-state index contributed by atoms with van der Waals surface area (Å²) in [5.74, 6) is 3.26. The zero-order valence-electron chi connectivity index (χ0n) is 19.4. The van der Waals surface area contributed by atoms with Crippen LogP contribution in [-0.2, 0) is 16.6 Å². The Morgan fingerprint density at radius 1 is 0.969 bits per heavy atom. The first-order valence-corrected chi connectivity index (χ1v) is 12.1. The minimum absolute atomic E-state index is 0.188. The Balaban J connectivity index is 1.22. The molecule has 4 aliphatic carbocycles. The number of hydrogen-bond donors (Lipinski definition) is 1. The molecule has 4 saturated carbocycles. The van der Waals surface area contributed by atoms with Crippen LogP contribution >= 0.6 is 0 Å². The highest BCUT2D eigenvalue weighted by molar-refractivity contribution is 5.76. The van der Waals surface area contributed by atoms with E-state index in [0.717, 1.165) is 35.3 Å². The van der Waals surface area contributed by atoms with E-state index >= 15 is 0 Å². The molecular weight excluding hydrogens is 398 g/mol. The van der Waals surface area contributed by atoms with Crippen LogP contribution in [0.2, 0.25) is 0 Å². The van der Waals surface area contributed by atoms with Gasteiger partial charge in [0.25, 0.3) is 0 Å². The minimum Gasteiger partial charge on any atom is -0.493 e. The van der Waals surface area contributed by atoms with Crippen LogP contribution in [0.5, 0.6) is 11.5 Å². The Hall–Kier alpha value is -2.49. The number of benzene rings is 2. The second-order valence-corrected chi connectivity index (χ2v) is 10.6. The van der Waals surface area contributed by atoms with Gasteiger partial charge in [-0.1, -0.05) is 36.4 Å². The molecule has 2 atom stereocenters. The molecule has 0 aromatic heterocycles. The second kappa shape index (κ2) is 8.46. The van der Waals surface area contributed by atoms with Crippen molar-refractivity contribution < 1.29 is 14.3 Å². The molecule has 4 bridgehead atoms. The molecule has 4 aliphatic rings. The van der Waals surface area contributed by atoms with Gasteiger partial charge >= 0.3 is 0 Å². The molecule has 0 aliphatic heterocycles. The minimum atomic E-state index is 0.188. The van der Waals surface area contributed by atoms with E-state index in [1.807, 2.05) is 18.2 Å². The highest BCUT2D eigenvalue weighted by atomic mass is 16.5. The van der Waals surface area contributed by atoms with Crippen molar-refractivity contribution in [3.05, 3.63) is 59.7 Å². The fourth-order valence-electron chi connectivity index (χ4n) is 7.57. The first kappa shape index (κ1) is 21.4. The standard InChI is InChI=1S/C28H35NO3/c1-31-24-9-8-20(13-25(24)32-2)10-11-29-26(30)18-27-14-21-12-22(15-27)17-28(16-21,19-27)23-6-4-3-5-7-23/h3-9,13,21-22H,10-12,14-19H2,1-2H3,(H,29,30)/t21-,22-,27?,28?/m1/s1. The summed E-state index contributed by atoms with van der Waals surface area (Å²) in [7, 11) is 3.29. The molecule has 4 heteroatoms. The number of rotatable bonds is 8. The summed E-state index contributed by atoms with van der Waals surface area (Å²) < 4.78 is 10.7. The van der Waals surface area contributed by atoms with Gasteiger partial charge in [-0.3, -0.25) is 4.79 Å². The maximum Gasteiger partial charge on any atom is 0.220 e. The van der Waals surface area contributed by atoms with Crippen LogP contribution in [-0.4, -0.2) is 26.7 Å². The normalized spacial score (nSPS) is 30.2. The molecule has 0 radical (unpaired) electrons. The Labute approximate surface area is 191 Å². The molecule has 4 fully saturated rings. The van der Waals surface area contributed by atoms with E-state index in [1.54, 1.807) is 14.2 Å². The molecule has 2 aromatic rings. The summed E-state index contributed by atoms with van der Waals surface area (Å²) in [5.41, 5.74) is 3.13. The van der Waals surface area contributed by atoms with Gasteiger partial charge < -0.3 is 14.8 Å². The summed E-state index contributed by atoms with van der Waals surface area (Å²) >= 11 is 0. The molecule has 0 spiro atoms. The molecule has 170 valence electrons. The highest BCUT2D eigenvalue weighted by Gasteiger charge is 2.58. The molecule has 4 nitrogen and oxygen atoms in total. The van der Waals surface area contributed by atoms with Crippen LogP contribution in [0.25, 0.3) is 0 Å². The number of amides is 1. The highest BCUT2D eigenvalue weighted by Crippen LogP contribution is 2.66. The summed E-state index contributed by atoms with van der Waals surface area (Å²) in [6.45, 7) is 0.654. The van der Waals surface area contributed by atoms with Crippen molar-refractivity contribution in [2.24, 2.45) is 17.3 Å². The average molecular weight is 434 g/mol. The third kappa shape index (κ3) is 4.00. The fourth-order valence-corrected chi connectivity index (χ4v) is 7.57. The quantitative estimate of drug-likeness (QED) is 0.615. The maximum atomic E-state index is 13.0. The zero-order chi connectivity index (χ0) is 22.2. The Morgan fingerprint density at radius 2 is 1.69 bits per heavy atom. The van der Waals surface area contributed by atoms with Crippen LogP contribution in [0.4, 0.5) is 0 Å². The van der Waals surface area contributed by atoms with Crippen molar-refractivity contribution in [3.8, 4) is 11.5 Å². The largest absolute Gasteiger partial charge is 0.493 e. The average Bonchev–Trinajstić information content (AvgIpc) is 2.78. The molecular formula is C28H35NO3.